The van der Waals surface area contributed by atoms with E-state index in [0.29, 0.717) is 21.7 Å². The Bertz CT molecular complexity index is 1580. The van der Waals surface area contributed by atoms with E-state index in [1.54, 1.807) is 55.7 Å². The minimum atomic E-state index is -0.577. The van der Waals surface area contributed by atoms with Crippen molar-refractivity contribution in [3.05, 3.63) is 110 Å². The third kappa shape index (κ3) is 4.53. The number of amides is 1. The fraction of sp³-hybridized carbons (Fsp3) is 0.0741. The van der Waals surface area contributed by atoms with Gasteiger partial charge in [-0.2, -0.15) is 5.26 Å². The molecule has 0 saturated heterocycles. The number of hydrogen-bond donors (Lipinski definition) is 1. The van der Waals surface area contributed by atoms with Crippen molar-refractivity contribution in [2.45, 2.75) is 6.92 Å². The molecule has 34 heavy (non-hydrogen) atoms. The van der Waals surface area contributed by atoms with Gasteiger partial charge >= 0.3 is 0 Å². The highest BCUT2D eigenvalue weighted by atomic mass is 32.1. The summed E-state index contributed by atoms with van der Waals surface area (Å²) in [4.78, 5) is 26.6. The van der Waals surface area contributed by atoms with E-state index in [1.165, 1.54) is 4.57 Å². The van der Waals surface area contributed by atoms with Gasteiger partial charge < -0.3 is 10.1 Å². The lowest BCUT2D eigenvalue weighted by atomic mass is 10.2. The standard InChI is InChI=1S/C27H21N3O3S/c1-18-10-6-8-14-22(18)29-25(31)21(17-28)27-30(20-12-4-3-5-13-20)26(32)24(34-27)16-19-11-7-9-15-23(19)33-2/h3-16H,1-2H3,(H,29,31)/b24-16+,27-21+. The van der Waals surface area contributed by atoms with Gasteiger partial charge in [0, 0.05) is 11.3 Å². The Kier molecular flexibility index (Phi) is 6.72. The second-order valence-electron chi connectivity index (χ2n) is 7.39. The predicted octanol–water partition coefficient (Wildman–Crippen LogP) is 3.36. The summed E-state index contributed by atoms with van der Waals surface area (Å²) in [6.45, 7) is 1.87. The SMILES string of the molecule is COc1ccccc1/C=c1/s/c(=C(\C#N)C(=O)Nc2ccccc2C)n(-c2ccccc2)c1=O. The van der Waals surface area contributed by atoms with E-state index >= 15 is 0 Å². The van der Waals surface area contributed by atoms with Crippen molar-refractivity contribution >= 4 is 34.6 Å². The van der Waals surface area contributed by atoms with Gasteiger partial charge in [-0.3, -0.25) is 14.2 Å². The lowest BCUT2D eigenvalue weighted by molar-refractivity contribution is -0.111. The molecule has 0 atom stereocenters. The molecule has 0 aliphatic heterocycles. The van der Waals surface area contributed by atoms with Crippen molar-refractivity contribution in [3.63, 3.8) is 0 Å². The van der Waals surface area contributed by atoms with Gasteiger partial charge in [-0.25, -0.2) is 0 Å². The number of methoxy groups -OCH3 is 1. The molecular weight excluding hydrogens is 446 g/mol. The maximum Gasteiger partial charge on any atom is 0.273 e. The van der Waals surface area contributed by atoms with Gasteiger partial charge in [-0.15, -0.1) is 11.3 Å². The number of anilines is 1. The molecule has 0 radical (unpaired) electrons. The fourth-order valence-electron chi connectivity index (χ4n) is 3.48. The van der Waals surface area contributed by atoms with Gasteiger partial charge in [0.15, 0.2) is 5.57 Å². The van der Waals surface area contributed by atoms with Gasteiger partial charge in [0.25, 0.3) is 11.5 Å². The molecular formula is C27H21N3O3S. The number of nitriles is 1. The number of nitrogens with zero attached hydrogens (tertiary/aromatic N) is 2. The molecule has 7 heteroatoms. The van der Waals surface area contributed by atoms with Crippen molar-refractivity contribution in [2.75, 3.05) is 12.4 Å². The lowest BCUT2D eigenvalue weighted by Crippen LogP contribution is -2.32. The molecule has 1 aromatic heterocycles. The summed E-state index contributed by atoms with van der Waals surface area (Å²) in [5, 5.41) is 12.8. The van der Waals surface area contributed by atoms with Crippen molar-refractivity contribution in [1.82, 2.24) is 4.57 Å². The average molecular weight is 468 g/mol. The lowest BCUT2D eigenvalue weighted by Gasteiger charge is -2.08. The van der Waals surface area contributed by atoms with Crippen LogP contribution < -0.4 is 24.8 Å². The molecule has 0 fully saturated rings. The number of carbonyl (C=O) groups is 1. The Labute approximate surface area is 200 Å². The quantitative estimate of drug-likeness (QED) is 0.488. The summed E-state index contributed by atoms with van der Waals surface area (Å²) in [5.41, 5.74) is 2.28. The number of para-hydroxylation sites is 3. The van der Waals surface area contributed by atoms with E-state index < -0.39 is 5.91 Å². The molecule has 0 aliphatic carbocycles. The van der Waals surface area contributed by atoms with Gasteiger partial charge in [-0.05, 0) is 42.8 Å². The van der Waals surface area contributed by atoms with Crippen molar-refractivity contribution in [1.29, 1.82) is 5.26 Å². The monoisotopic (exact) mass is 467 g/mol. The first-order valence-electron chi connectivity index (χ1n) is 10.5. The van der Waals surface area contributed by atoms with Gasteiger partial charge in [0.2, 0.25) is 0 Å². The molecule has 0 unspecified atom stereocenters. The number of hydrogen-bond acceptors (Lipinski definition) is 5. The normalized spacial score (nSPS) is 12.1. The number of nitrogens with one attached hydrogen (secondary N) is 1. The largest absolute Gasteiger partial charge is 0.496 e. The van der Waals surface area contributed by atoms with Gasteiger partial charge in [0.05, 0.1) is 17.3 Å². The van der Waals surface area contributed by atoms with Crippen LogP contribution in [0, 0.1) is 18.3 Å². The molecule has 168 valence electrons. The summed E-state index contributed by atoms with van der Waals surface area (Å²) in [7, 11) is 1.56. The topological polar surface area (TPSA) is 84.1 Å². The average Bonchev–Trinajstić information content (AvgIpc) is 3.17. The van der Waals surface area contributed by atoms with E-state index in [-0.39, 0.29) is 15.8 Å². The van der Waals surface area contributed by atoms with Crippen LogP contribution in [0.3, 0.4) is 0 Å². The van der Waals surface area contributed by atoms with Crippen LogP contribution in [0.1, 0.15) is 11.1 Å². The van der Waals surface area contributed by atoms with E-state index in [0.717, 1.165) is 22.5 Å². The number of benzene rings is 3. The van der Waals surface area contributed by atoms with Crippen LogP contribution in [-0.2, 0) is 4.79 Å². The highest BCUT2D eigenvalue weighted by molar-refractivity contribution is 7.07. The van der Waals surface area contributed by atoms with E-state index in [9.17, 15) is 14.9 Å². The highest BCUT2D eigenvalue weighted by Gasteiger charge is 2.18. The second-order valence-corrected chi connectivity index (χ2v) is 8.42. The zero-order valence-corrected chi connectivity index (χ0v) is 19.4. The first kappa shape index (κ1) is 22.8. The number of thiazole rings is 1. The second kappa shape index (κ2) is 10.0. The van der Waals surface area contributed by atoms with Crippen LogP contribution in [0.25, 0.3) is 17.3 Å². The summed E-state index contributed by atoms with van der Waals surface area (Å²) < 4.78 is 7.44. The molecule has 6 nitrogen and oxygen atoms in total. The van der Waals surface area contributed by atoms with Crippen LogP contribution in [0.2, 0.25) is 0 Å². The van der Waals surface area contributed by atoms with Gasteiger partial charge in [0.1, 0.15) is 16.5 Å². The maximum atomic E-state index is 13.5. The molecule has 0 aliphatic rings. The Morgan fingerprint density at radius 2 is 1.71 bits per heavy atom. The molecule has 4 rings (SSSR count). The molecule has 0 spiro atoms. The minimum Gasteiger partial charge on any atom is -0.496 e. The van der Waals surface area contributed by atoms with Crippen LogP contribution in [-0.4, -0.2) is 17.6 Å². The van der Waals surface area contributed by atoms with E-state index in [1.807, 2.05) is 49.4 Å². The number of rotatable bonds is 5. The first-order valence-corrected chi connectivity index (χ1v) is 11.3. The van der Waals surface area contributed by atoms with Crippen LogP contribution in [0.4, 0.5) is 5.69 Å². The van der Waals surface area contributed by atoms with Crippen molar-refractivity contribution in [2.24, 2.45) is 0 Å². The summed E-state index contributed by atoms with van der Waals surface area (Å²) >= 11 is 1.09. The summed E-state index contributed by atoms with van der Waals surface area (Å²) in [6.07, 6.45) is 1.71. The number of aryl methyl sites for hydroxylation is 1. The van der Waals surface area contributed by atoms with E-state index in [2.05, 4.69) is 5.32 Å². The maximum absolute atomic E-state index is 13.5. The summed E-state index contributed by atoms with van der Waals surface area (Å²) in [5.74, 6) is 0.0384. The number of aromatic nitrogens is 1. The highest BCUT2D eigenvalue weighted by Crippen LogP contribution is 2.18. The Morgan fingerprint density at radius 3 is 2.41 bits per heavy atom. The zero-order valence-electron chi connectivity index (χ0n) is 18.6. The fourth-order valence-corrected chi connectivity index (χ4v) is 4.57. The third-order valence-electron chi connectivity index (χ3n) is 5.21. The summed E-state index contributed by atoms with van der Waals surface area (Å²) in [6, 6.07) is 25.6. The molecule has 1 amide bonds. The molecule has 1 heterocycles. The van der Waals surface area contributed by atoms with E-state index in [4.69, 9.17) is 4.74 Å². The molecule has 0 saturated carbocycles. The molecule has 3 aromatic carbocycles. The Morgan fingerprint density at radius 1 is 1.03 bits per heavy atom. The zero-order chi connectivity index (χ0) is 24.1. The Hall–Kier alpha value is -4.41. The smallest absolute Gasteiger partial charge is 0.273 e. The van der Waals surface area contributed by atoms with Crippen molar-refractivity contribution < 1.29 is 9.53 Å². The first-order chi connectivity index (χ1) is 16.5. The molecule has 0 bridgehead atoms. The minimum absolute atomic E-state index is 0.145. The third-order valence-corrected chi connectivity index (χ3v) is 6.30. The van der Waals surface area contributed by atoms with Crippen molar-refractivity contribution in [3.8, 4) is 17.5 Å². The van der Waals surface area contributed by atoms with Gasteiger partial charge in [-0.1, -0.05) is 54.6 Å². The Balaban J connectivity index is 1.98. The number of carbonyl (C=O) groups excluding carboxylic acids is 1. The molecule has 1 N–H and O–H groups in total. The molecule has 4 aromatic rings. The van der Waals surface area contributed by atoms with Crippen LogP contribution in [0.15, 0.2) is 83.7 Å². The predicted molar refractivity (Wildman–Crippen MR) is 135 cm³/mol. The number of ether oxygens (including phenoxy) is 1. The van der Waals surface area contributed by atoms with Crippen LogP contribution >= 0.6 is 11.3 Å². The van der Waals surface area contributed by atoms with Crippen LogP contribution in [0.5, 0.6) is 5.75 Å².